The zero-order valence-corrected chi connectivity index (χ0v) is 14.6. The van der Waals surface area contributed by atoms with Crippen molar-refractivity contribution < 1.29 is 18.3 Å². The first kappa shape index (κ1) is 17.3. The topological polar surface area (TPSA) is 43.6 Å². The van der Waals surface area contributed by atoms with E-state index in [0.29, 0.717) is 17.1 Å². The summed E-state index contributed by atoms with van der Waals surface area (Å²) in [7, 11) is 1.57. The summed E-state index contributed by atoms with van der Waals surface area (Å²) in [6.45, 7) is 2.64. The molecule has 1 amide bonds. The van der Waals surface area contributed by atoms with Crippen LogP contribution in [-0.2, 0) is 6.54 Å². The van der Waals surface area contributed by atoms with Gasteiger partial charge in [-0.25, -0.2) is 8.78 Å². The Morgan fingerprint density at radius 2 is 1.96 bits per heavy atom. The number of thiazole rings is 1. The predicted molar refractivity (Wildman–Crippen MR) is 92.9 cm³/mol. The van der Waals surface area contributed by atoms with Crippen molar-refractivity contribution >= 4 is 27.5 Å². The van der Waals surface area contributed by atoms with Gasteiger partial charge in [0, 0.05) is 6.54 Å². The zero-order chi connectivity index (χ0) is 18.0. The quantitative estimate of drug-likeness (QED) is 0.700. The van der Waals surface area contributed by atoms with E-state index in [-0.39, 0.29) is 0 Å². The fourth-order valence-corrected chi connectivity index (χ4v) is 3.63. The summed E-state index contributed by atoms with van der Waals surface area (Å²) >= 11 is 1.28. The first-order valence-corrected chi connectivity index (χ1v) is 8.57. The van der Waals surface area contributed by atoms with Crippen LogP contribution in [-0.4, -0.2) is 17.6 Å². The monoisotopic (exact) mass is 362 g/mol. The SMILES string of the molecule is CCCn1c(=NC(=O)c2c(F)cccc2F)sc2cc(OC)ccc21. The molecule has 0 aliphatic carbocycles. The molecule has 4 nitrogen and oxygen atoms in total. The van der Waals surface area contributed by atoms with E-state index >= 15 is 0 Å². The molecule has 0 saturated carbocycles. The summed E-state index contributed by atoms with van der Waals surface area (Å²) < 4.78 is 35.6. The van der Waals surface area contributed by atoms with Crippen molar-refractivity contribution in [2.45, 2.75) is 19.9 Å². The smallest absolute Gasteiger partial charge is 0.285 e. The van der Waals surface area contributed by atoms with Crippen LogP contribution in [0.2, 0.25) is 0 Å². The lowest BCUT2D eigenvalue weighted by Gasteiger charge is -2.04. The number of ether oxygens (including phenoxy) is 1. The maximum absolute atomic E-state index is 13.8. The second-order valence-corrected chi connectivity index (χ2v) is 6.39. The van der Waals surface area contributed by atoms with Crippen LogP contribution >= 0.6 is 11.3 Å². The molecule has 2 aromatic carbocycles. The molecule has 1 heterocycles. The minimum absolute atomic E-state index is 0.401. The van der Waals surface area contributed by atoms with E-state index in [0.717, 1.165) is 28.8 Å². The molecular weight excluding hydrogens is 346 g/mol. The Balaban J connectivity index is 2.18. The van der Waals surface area contributed by atoms with Gasteiger partial charge in [-0.3, -0.25) is 4.79 Å². The summed E-state index contributed by atoms with van der Waals surface area (Å²) in [5, 5.41) is 0. The molecule has 0 radical (unpaired) electrons. The van der Waals surface area contributed by atoms with Crippen LogP contribution in [0.4, 0.5) is 8.78 Å². The number of methoxy groups -OCH3 is 1. The second-order valence-electron chi connectivity index (χ2n) is 5.38. The Morgan fingerprint density at radius 1 is 1.24 bits per heavy atom. The third-order valence-corrected chi connectivity index (χ3v) is 4.75. The average Bonchev–Trinajstić information content (AvgIpc) is 2.91. The van der Waals surface area contributed by atoms with Crippen molar-refractivity contribution in [2.75, 3.05) is 7.11 Å². The molecule has 3 rings (SSSR count). The van der Waals surface area contributed by atoms with Gasteiger partial charge in [-0.05, 0) is 36.8 Å². The van der Waals surface area contributed by atoms with Gasteiger partial charge in [-0.2, -0.15) is 4.99 Å². The van der Waals surface area contributed by atoms with E-state index in [2.05, 4.69) is 4.99 Å². The van der Waals surface area contributed by atoms with Crippen LogP contribution in [0.25, 0.3) is 10.2 Å². The lowest BCUT2D eigenvalue weighted by molar-refractivity contribution is 0.0990. The average molecular weight is 362 g/mol. The Morgan fingerprint density at radius 3 is 2.60 bits per heavy atom. The van der Waals surface area contributed by atoms with Crippen LogP contribution in [0.15, 0.2) is 41.4 Å². The highest BCUT2D eigenvalue weighted by Crippen LogP contribution is 2.23. The third kappa shape index (κ3) is 3.32. The van der Waals surface area contributed by atoms with Gasteiger partial charge in [0.2, 0.25) is 0 Å². The Kier molecular flexibility index (Phi) is 4.94. The van der Waals surface area contributed by atoms with Gasteiger partial charge in [-0.15, -0.1) is 0 Å². The van der Waals surface area contributed by atoms with Crippen LogP contribution in [0.5, 0.6) is 5.75 Å². The number of carbonyl (C=O) groups is 1. The standard InChI is InChI=1S/C18H16F2N2O2S/c1-3-9-22-14-8-7-11(24-2)10-15(14)25-18(22)21-17(23)16-12(19)5-4-6-13(16)20/h4-8,10H,3,9H2,1-2H3. The summed E-state index contributed by atoms with van der Waals surface area (Å²) in [5.41, 5.74) is 0.258. The van der Waals surface area contributed by atoms with Crippen molar-refractivity contribution in [3.63, 3.8) is 0 Å². The molecule has 0 bridgehead atoms. The molecule has 0 aliphatic rings. The molecular formula is C18H16F2N2O2S. The maximum atomic E-state index is 13.8. The number of hydrogen-bond donors (Lipinski definition) is 0. The highest BCUT2D eigenvalue weighted by Gasteiger charge is 2.17. The van der Waals surface area contributed by atoms with Crippen LogP contribution < -0.4 is 9.54 Å². The number of nitrogens with zero attached hydrogens (tertiary/aromatic N) is 2. The fraction of sp³-hybridized carbons (Fsp3) is 0.222. The molecule has 130 valence electrons. The van der Waals surface area contributed by atoms with E-state index in [1.807, 2.05) is 29.7 Å². The molecule has 0 saturated heterocycles. The number of halogens is 2. The molecule has 1 aromatic heterocycles. The molecule has 0 unspecified atom stereocenters. The number of rotatable bonds is 4. The van der Waals surface area contributed by atoms with Gasteiger partial charge in [-0.1, -0.05) is 24.3 Å². The molecule has 0 spiro atoms. The van der Waals surface area contributed by atoms with E-state index in [9.17, 15) is 13.6 Å². The molecule has 25 heavy (non-hydrogen) atoms. The summed E-state index contributed by atoms with van der Waals surface area (Å²) in [5.74, 6) is -2.08. The Hall–Kier alpha value is -2.54. The summed E-state index contributed by atoms with van der Waals surface area (Å²) in [6, 6.07) is 8.85. The zero-order valence-electron chi connectivity index (χ0n) is 13.8. The predicted octanol–water partition coefficient (Wildman–Crippen LogP) is 4.14. The van der Waals surface area contributed by atoms with E-state index in [4.69, 9.17) is 4.74 Å². The van der Waals surface area contributed by atoms with E-state index in [1.165, 1.54) is 17.4 Å². The number of carbonyl (C=O) groups excluding carboxylic acids is 1. The molecule has 7 heteroatoms. The number of aryl methyl sites for hydroxylation is 1. The molecule has 0 N–H and O–H groups in total. The number of aromatic nitrogens is 1. The lowest BCUT2D eigenvalue weighted by Crippen LogP contribution is -2.17. The van der Waals surface area contributed by atoms with Gasteiger partial charge in [0.25, 0.3) is 5.91 Å². The van der Waals surface area contributed by atoms with Crippen molar-refractivity contribution in [1.82, 2.24) is 4.57 Å². The van der Waals surface area contributed by atoms with Gasteiger partial charge in [0.15, 0.2) is 4.80 Å². The van der Waals surface area contributed by atoms with Gasteiger partial charge < -0.3 is 9.30 Å². The van der Waals surface area contributed by atoms with Crippen molar-refractivity contribution in [3.05, 3.63) is 58.4 Å². The lowest BCUT2D eigenvalue weighted by atomic mass is 10.2. The molecule has 0 fully saturated rings. The minimum atomic E-state index is -0.932. The van der Waals surface area contributed by atoms with Crippen LogP contribution in [0.3, 0.4) is 0 Å². The van der Waals surface area contributed by atoms with Crippen molar-refractivity contribution in [2.24, 2.45) is 4.99 Å². The maximum Gasteiger partial charge on any atom is 0.285 e. The number of fused-ring (bicyclic) bond motifs is 1. The van der Waals surface area contributed by atoms with Crippen LogP contribution in [0, 0.1) is 11.6 Å². The molecule has 3 aromatic rings. The molecule has 0 atom stereocenters. The Bertz CT molecular complexity index is 988. The van der Waals surface area contributed by atoms with E-state index in [1.54, 1.807) is 7.11 Å². The van der Waals surface area contributed by atoms with Gasteiger partial charge in [0.05, 0.1) is 17.3 Å². The molecule has 0 aliphatic heterocycles. The third-order valence-electron chi connectivity index (χ3n) is 3.71. The van der Waals surface area contributed by atoms with Crippen molar-refractivity contribution in [1.29, 1.82) is 0 Å². The highest BCUT2D eigenvalue weighted by molar-refractivity contribution is 7.16. The largest absolute Gasteiger partial charge is 0.497 e. The van der Waals surface area contributed by atoms with E-state index < -0.39 is 23.1 Å². The summed E-state index contributed by atoms with van der Waals surface area (Å²) in [4.78, 5) is 16.7. The first-order chi connectivity index (χ1) is 12.0. The summed E-state index contributed by atoms with van der Waals surface area (Å²) in [6.07, 6.45) is 0.827. The number of amides is 1. The fourth-order valence-electron chi connectivity index (χ4n) is 2.55. The van der Waals surface area contributed by atoms with Crippen molar-refractivity contribution in [3.8, 4) is 5.75 Å². The van der Waals surface area contributed by atoms with Crippen LogP contribution in [0.1, 0.15) is 23.7 Å². The normalized spacial score (nSPS) is 11.9. The van der Waals surface area contributed by atoms with Gasteiger partial charge >= 0.3 is 0 Å². The second kappa shape index (κ2) is 7.14. The minimum Gasteiger partial charge on any atom is -0.497 e. The highest BCUT2D eigenvalue weighted by atomic mass is 32.1. The first-order valence-electron chi connectivity index (χ1n) is 7.75. The van der Waals surface area contributed by atoms with Gasteiger partial charge in [0.1, 0.15) is 22.9 Å². The number of hydrogen-bond acceptors (Lipinski definition) is 3. The number of benzene rings is 2. The Labute approximate surface area is 147 Å².